The molecule has 1 aliphatic rings. The summed E-state index contributed by atoms with van der Waals surface area (Å²) >= 11 is 6.69. The highest BCUT2D eigenvalue weighted by Gasteiger charge is 2.38. The average Bonchev–Trinajstić information content (AvgIpc) is 3.55. The summed E-state index contributed by atoms with van der Waals surface area (Å²) in [4.78, 5) is 18.3. The van der Waals surface area contributed by atoms with Gasteiger partial charge in [-0.05, 0) is 83.0 Å². The van der Waals surface area contributed by atoms with Gasteiger partial charge in [0.05, 0.1) is 11.1 Å². The zero-order valence-corrected chi connectivity index (χ0v) is 23.9. The smallest absolute Gasteiger partial charge is 0.309 e. The summed E-state index contributed by atoms with van der Waals surface area (Å²) in [7, 11) is 0. The molecule has 0 bridgehead atoms. The highest BCUT2D eigenvalue weighted by Crippen LogP contribution is 2.40. The molecule has 0 amide bonds. The number of benzene rings is 1. The van der Waals surface area contributed by atoms with E-state index < -0.39 is 11.4 Å². The third-order valence-corrected chi connectivity index (χ3v) is 8.71. The average molecular weight is 542 g/mol. The Kier molecular flexibility index (Phi) is 9.26. The zero-order chi connectivity index (χ0) is 27.3. The number of imidazole rings is 1. The van der Waals surface area contributed by atoms with Crippen LogP contribution in [0.5, 0.6) is 0 Å². The molecule has 4 rings (SSSR count). The third-order valence-electron chi connectivity index (χ3n) is 8.34. The Hall–Kier alpha value is -2.71. The molecule has 1 unspecified atom stereocenters. The second-order valence-electron chi connectivity index (χ2n) is 11.2. The molecule has 0 spiro atoms. The van der Waals surface area contributed by atoms with E-state index in [1.165, 1.54) is 19.3 Å². The van der Waals surface area contributed by atoms with Crippen LogP contribution in [0.4, 0.5) is 0 Å². The van der Waals surface area contributed by atoms with Crippen molar-refractivity contribution in [3.8, 4) is 0 Å². The highest BCUT2D eigenvalue weighted by molar-refractivity contribution is 6.31. The molecule has 206 valence electrons. The molecule has 38 heavy (non-hydrogen) atoms. The maximum Gasteiger partial charge on any atom is 0.309 e. The van der Waals surface area contributed by atoms with E-state index in [0.717, 1.165) is 54.7 Å². The SMILES string of the molecule is CCC1CCN(Cc2[nH]cc[n+]2Cc2cc(C(CCc3cn(CC)nn3)C(C)(C)C(=O)O)ccc2Cl)CC1. The molecule has 1 aromatic carbocycles. The largest absolute Gasteiger partial charge is 0.481 e. The molecule has 1 saturated heterocycles. The predicted octanol–water partition coefficient (Wildman–Crippen LogP) is 5.06. The van der Waals surface area contributed by atoms with E-state index in [4.69, 9.17) is 11.6 Å². The van der Waals surface area contributed by atoms with E-state index in [0.29, 0.717) is 24.4 Å². The van der Waals surface area contributed by atoms with E-state index >= 15 is 0 Å². The van der Waals surface area contributed by atoms with Crippen molar-refractivity contribution in [1.29, 1.82) is 0 Å². The van der Waals surface area contributed by atoms with Crippen molar-refractivity contribution in [3.05, 3.63) is 64.5 Å². The van der Waals surface area contributed by atoms with Crippen molar-refractivity contribution >= 4 is 17.6 Å². The van der Waals surface area contributed by atoms with Gasteiger partial charge in [-0.3, -0.25) is 14.4 Å². The number of carbonyl (C=O) groups is 1. The number of carboxylic acids is 1. The molecule has 2 aromatic heterocycles. The molecule has 0 radical (unpaired) electrons. The number of rotatable bonds is 12. The topological polar surface area (TPSA) is 90.9 Å². The second-order valence-corrected chi connectivity index (χ2v) is 11.6. The molecular formula is C29H42ClN6O2+. The van der Waals surface area contributed by atoms with Crippen LogP contribution in [0, 0.1) is 11.3 Å². The Labute approximate surface area is 231 Å². The van der Waals surface area contributed by atoms with Crippen LogP contribution in [0.2, 0.25) is 5.02 Å². The molecule has 8 nitrogen and oxygen atoms in total. The van der Waals surface area contributed by atoms with Gasteiger partial charge in [-0.2, -0.15) is 0 Å². The minimum absolute atomic E-state index is 0.210. The van der Waals surface area contributed by atoms with Crippen LogP contribution in [0.3, 0.4) is 0 Å². The van der Waals surface area contributed by atoms with Crippen molar-refractivity contribution in [3.63, 3.8) is 0 Å². The third kappa shape index (κ3) is 6.64. The van der Waals surface area contributed by atoms with Crippen LogP contribution in [0.1, 0.15) is 81.9 Å². The summed E-state index contributed by atoms with van der Waals surface area (Å²) < 4.78 is 4.02. The number of hydrogen-bond acceptors (Lipinski definition) is 4. The van der Waals surface area contributed by atoms with Gasteiger partial charge in [0.1, 0.15) is 25.5 Å². The van der Waals surface area contributed by atoms with Crippen LogP contribution in [-0.2, 0) is 30.8 Å². The first-order valence-electron chi connectivity index (χ1n) is 13.9. The van der Waals surface area contributed by atoms with Crippen LogP contribution < -0.4 is 4.57 Å². The number of aliphatic carboxylic acids is 1. The number of aromatic nitrogens is 5. The van der Waals surface area contributed by atoms with Gasteiger partial charge in [0.25, 0.3) is 5.82 Å². The fraction of sp³-hybridized carbons (Fsp3) is 0.586. The Balaban J connectivity index is 1.53. The molecule has 0 saturated carbocycles. The molecule has 0 aliphatic carbocycles. The molecule has 1 atom stereocenters. The summed E-state index contributed by atoms with van der Waals surface area (Å²) in [6, 6.07) is 5.98. The molecule has 9 heteroatoms. The summed E-state index contributed by atoms with van der Waals surface area (Å²) in [5, 5.41) is 19.2. The van der Waals surface area contributed by atoms with E-state index in [1.54, 1.807) is 18.5 Å². The first kappa shape index (κ1) is 28.3. The molecule has 3 heterocycles. The number of H-pyrrole nitrogens is 1. The number of hydrogen-bond donors (Lipinski definition) is 2. The summed E-state index contributed by atoms with van der Waals surface area (Å²) in [5.41, 5.74) is 1.90. The number of nitrogens with one attached hydrogen (secondary N) is 1. The number of nitrogens with zero attached hydrogens (tertiary/aromatic N) is 5. The normalized spacial score (nSPS) is 16.1. The number of carboxylic acid groups (broad SMARTS) is 1. The quantitative estimate of drug-likeness (QED) is 0.313. The summed E-state index contributed by atoms with van der Waals surface area (Å²) in [5.74, 6) is 0.983. The van der Waals surface area contributed by atoms with Crippen LogP contribution in [0.25, 0.3) is 0 Å². The molecule has 2 N–H and O–H groups in total. The Morgan fingerprint density at radius 1 is 1.29 bits per heavy atom. The number of piperidine rings is 1. The van der Waals surface area contributed by atoms with Crippen LogP contribution in [-0.4, -0.2) is 49.0 Å². The molecule has 3 aromatic rings. The summed E-state index contributed by atoms with van der Waals surface area (Å²) in [6.07, 6.45) is 11.1. The number of likely N-dealkylation sites (tertiary alicyclic amines) is 1. The number of aromatic amines is 1. The van der Waals surface area contributed by atoms with E-state index in [2.05, 4.69) is 44.0 Å². The second kappa shape index (κ2) is 12.4. The van der Waals surface area contributed by atoms with Gasteiger partial charge in [-0.1, -0.05) is 42.3 Å². The van der Waals surface area contributed by atoms with Gasteiger partial charge >= 0.3 is 5.97 Å². The van der Waals surface area contributed by atoms with Crippen molar-refractivity contribution in [2.75, 3.05) is 13.1 Å². The van der Waals surface area contributed by atoms with Crippen molar-refractivity contribution in [2.45, 2.75) is 85.4 Å². The number of aryl methyl sites for hydroxylation is 2. The minimum atomic E-state index is -0.956. The lowest BCUT2D eigenvalue weighted by atomic mass is 9.72. The first-order valence-corrected chi connectivity index (χ1v) is 14.3. The van der Waals surface area contributed by atoms with E-state index in [1.807, 2.05) is 31.5 Å². The lowest BCUT2D eigenvalue weighted by Crippen LogP contribution is -2.42. The fourth-order valence-electron chi connectivity index (χ4n) is 5.55. The lowest BCUT2D eigenvalue weighted by Gasteiger charge is -2.31. The van der Waals surface area contributed by atoms with E-state index in [9.17, 15) is 9.90 Å². The van der Waals surface area contributed by atoms with Gasteiger partial charge in [0, 0.05) is 23.3 Å². The van der Waals surface area contributed by atoms with Gasteiger partial charge in [-0.25, -0.2) is 9.55 Å². The Morgan fingerprint density at radius 2 is 2.05 bits per heavy atom. The van der Waals surface area contributed by atoms with Gasteiger partial charge in [-0.15, -0.1) is 5.10 Å². The van der Waals surface area contributed by atoms with Gasteiger partial charge < -0.3 is 5.11 Å². The fourth-order valence-corrected chi connectivity index (χ4v) is 5.73. The molecular weight excluding hydrogens is 500 g/mol. The summed E-state index contributed by atoms with van der Waals surface area (Å²) in [6.45, 7) is 12.4. The van der Waals surface area contributed by atoms with Crippen molar-refractivity contribution in [2.24, 2.45) is 11.3 Å². The lowest BCUT2D eigenvalue weighted by molar-refractivity contribution is -0.695. The number of halogens is 1. The maximum absolute atomic E-state index is 12.3. The first-order chi connectivity index (χ1) is 18.2. The van der Waals surface area contributed by atoms with Crippen molar-refractivity contribution < 1.29 is 14.5 Å². The van der Waals surface area contributed by atoms with Crippen LogP contribution in [0.15, 0.2) is 36.8 Å². The Morgan fingerprint density at radius 3 is 2.71 bits per heavy atom. The Bertz CT molecular complexity index is 1210. The zero-order valence-electron chi connectivity index (χ0n) is 23.2. The maximum atomic E-state index is 12.3. The van der Waals surface area contributed by atoms with Gasteiger partial charge in [0.2, 0.25) is 0 Å². The van der Waals surface area contributed by atoms with Crippen molar-refractivity contribution in [1.82, 2.24) is 24.9 Å². The van der Waals surface area contributed by atoms with Gasteiger partial charge in [0.15, 0.2) is 0 Å². The van der Waals surface area contributed by atoms with E-state index in [-0.39, 0.29) is 5.92 Å². The molecule has 1 aliphatic heterocycles. The molecule has 1 fully saturated rings. The highest BCUT2D eigenvalue weighted by atomic mass is 35.5. The predicted molar refractivity (Wildman–Crippen MR) is 148 cm³/mol. The monoisotopic (exact) mass is 541 g/mol. The standard InChI is InChI=1S/C29H41ClN6O2/c1-5-21-11-14-34(15-12-21)20-27-31-13-16-35(27)18-23-17-22(7-10-26(23)30)25(29(3,4)28(37)38)9-8-24-19-36(6-2)33-32-24/h7,10,13,16-17,19,21,25H,5-6,8-9,11-12,14-15,18,20H2,1-4H3,(H,37,38)/p+1. The minimum Gasteiger partial charge on any atom is -0.481 e. The van der Waals surface area contributed by atoms with Crippen LogP contribution >= 0.6 is 11.6 Å².